The van der Waals surface area contributed by atoms with Crippen LogP contribution in [0.15, 0.2) is 0 Å². The fourth-order valence-electron chi connectivity index (χ4n) is 1.67. The summed E-state index contributed by atoms with van der Waals surface area (Å²) in [6.07, 6.45) is 4.20. The van der Waals surface area contributed by atoms with E-state index < -0.39 is 15.1 Å². The van der Waals surface area contributed by atoms with Crippen LogP contribution in [0.1, 0.15) is 40.0 Å². The van der Waals surface area contributed by atoms with Crippen LogP contribution in [0.5, 0.6) is 0 Å². The first-order valence-electron chi connectivity index (χ1n) is 5.51. The van der Waals surface area contributed by atoms with E-state index in [0.717, 1.165) is 19.3 Å². The first-order chi connectivity index (χ1) is 6.86. The van der Waals surface area contributed by atoms with E-state index in [9.17, 15) is 8.42 Å². The van der Waals surface area contributed by atoms with E-state index in [1.54, 1.807) is 6.92 Å². The average molecular weight is 236 g/mol. The zero-order valence-corrected chi connectivity index (χ0v) is 11.0. The Labute approximate surface area is 93.5 Å². The van der Waals surface area contributed by atoms with Crippen molar-refractivity contribution in [3.8, 4) is 0 Å². The number of nitrogens with one attached hydrogen (secondary N) is 1. The molecule has 3 N–H and O–H groups in total. The molecule has 4 nitrogen and oxygen atoms in total. The predicted octanol–water partition coefficient (Wildman–Crippen LogP) is 1.08. The summed E-state index contributed by atoms with van der Waals surface area (Å²) < 4.78 is 22.8. The van der Waals surface area contributed by atoms with E-state index in [0.29, 0.717) is 5.92 Å². The third-order valence-electron chi connectivity index (χ3n) is 3.20. The maximum atomic E-state index is 11.4. The van der Waals surface area contributed by atoms with Crippen LogP contribution in [-0.2, 0) is 9.84 Å². The highest BCUT2D eigenvalue weighted by atomic mass is 32.2. The van der Waals surface area contributed by atoms with E-state index in [1.165, 1.54) is 6.26 Å². The lowest BCUT2D eigenvalue weighted by Crippen LogP contribution is -2.46. The van der Waals surface area contributed by atoms with Crippen LogP contribution in [0.2, 0.25) is 0 Å². The zero-order valence-electron chi connectivity index (χ0n) is 10.2. The molecule has 2 unspecified atom stereocenters. The highest BCUT2D eigenvalue weighted by Gasteiger charge is 2.26. The van der Waals surface area contributed by atoms with Gasteiger partial charge in [0, 0.05) is 12.3 Å². The monoisotopic (exact) mass is 236 g/mol. The molecule has 0 radical (unpaired) electrons. The van der Waals surface area contributed by atoms with Crippen LogP contribution >= 0.6 is 0 Å². The molecule has 2 atom stereocenters. The summed E-state index contributed by atoms with van der Waals surface area (Å²) in [6.45, 7) is 5.95. The van der Waals surface area contributed by atoms with Crippen molar-refractivity contribution in [2.24, 2.45) is 11.8 Å². The van der Waals surface area contributed by atoms with E-state index in [2.05, 4.69) is 19.3 Å². The van der Waals surface area contributed by atoms with E-state index in [-0.39, 0.29) is 6.04 Å². The summed E-state index contributed by atoms with van der Waals surface area (Å²) in [7, 11) is -3.02. The molecule has 15 heavy (non-hydrogen) atoms. The van der Waals surface area contributed by atoms with Crippen molar-refractivity contribution in [1.29, 1.82) is 0 Å². The van der Waals surface area contributed by atoms with Crippen molar-refractivity contribution in [3.05, 3.63) is 0 Å². The molecule has 0 saturated carbocycles. The summed E-state index contributed by atoms with van der Waals surface area (Å²) in [6, 6.07) is -0.148. The molecule has 0 heterocycles. The second-order valence-electron chi connectivity index (χ2n) is 4.23. The fraction of sp³-hybridized carbons (Fsp3) is 1.00. The number of rotatable bonds is 7. The van der Waals surface area contributed by atoms with Gasteiger partial charge in [-0.15, -0.1) is 0 Å². The van der Waals surface area contributed by atoms with Gasteiger partial charge in [0.1, 0.15) is 0 Å². The Hall–Kier alpha value is -0.130. The van der Waals surface area contributed by atoms with Gasteiger partial charge in [0.2, 0.25) is 0 Å². The summed E-state index contributed by atoms with van der Waals surface area (Å²) >= 11 is 0. The molecule has 0 aliphatic rings. The number of sulfone groups is 1. The van der Waals surface area contributed by atoms with Crippen LogP contribution in [0.25, 0.3) is 0 Å². The van der Waals surface area contributed by atoms with Crippen LogP contribution in [0, 0.1) is 5.92 Å². The number of nitrogens with two attached hydrogens (primary N) is 1. The molecule has 0 amide bonds. The van der Waals surface area contributed by atoms with Gasteiger partial charge in [-0.25, -0.2) is 8.42 Å². The molecule has 92 valence electrons. The molecule has 5 heteroatoms. The van der Waals surface area contributed by atoms with Gasteiger partial charge in [0.25, 0.3) is 0 Å². The Bertz CT molecular complexity index is 261. The van der Waals surface area contributed by atoms with Crippen LogP contribution in [0.3, 0.4) is 0 Å². The lowest BCUT2D eigenvalue weighted by Gasteiger charge is -2.25. The van der Waals surface area contributed by atoms with Gasteiger partial charge < -0.3 is 0 Å². The second-order valence-corrected chi connectivity index (χ2v) is 6.63. The van der Waals surface area contributed by atoms with E-state index in [4.69, 9.17) is 5.84 Å². The normalized spacial score (nSPS) is 16.7. The van der Waals surface area contributed by atoms with Crippen LogP contribution in [0.4, 0.5) is 0 Å². The highest BCUT2D eigenvalue weighted by Crippen LogP contribution is 2.18. The summed E-state index contributed by atoms with van der Waals surface area (Å²) in [5, 5.41) is -0.428. The SMILES string of the molecule is CCC(CC)CC(NN)C(C)S(C)(=O)=O. The Morgan fingerprint density at radius 2 is 1.73 bits per heavy atom. The molecule has 0 aliphatic heterocycles. The van der Waals surface area contributed by atoms with E-state index in [1.807, 2.05) is 0 Å². The third kappa shape index (κ3) is 4.95. The molecule has 0 saturated heterocycles. The van der Waals surface area contributed by atoms with E-state index >= 15 is 0 Å². The molecule has 0 aromatic rings. The Kier molecular flexibility index (Phi) is 6.40. The topological polar surface area (TPSA) is 72.2 Å². The maximum Gasteiger partial charge on any atom is 0.151 e. The summed E-state index contributed by atoms with van der Waals surface area (Å²) in [4.78, 5) is 0. The second kappa shape index (κ2) is 6.45. The van der Waals surface area contributed by atoms with Gasteiger partial charge in [-0.2, -0.15) is 0 Å². The quantitative estimate of drug-likeness (QED) is 0.512. The van der Waals surface area contributed by atoms with Crippen molar-refractivity contribution in [1.82, 2.24) is 5.43 Å². The fourth-order valence-corrected chi connectivity index (χ4v) is 2.46. The minimum Gasteiger partial charge on any atom is -0.271 e. The number of hydrogen-bond acceptors (Lipinski definition) is 4. The first kappa shape index (κ1) is 14.9. The van der Waals surface area contributed by atoms with Gasteiger partial charge in [0.05, 0.1) is 5.25 Å². The molecule has 0 bridgehead atoms. The van der Waals surface area contributed by atoms with Gasteiger partial charge in [-0.3, -0.25) is 11.3 Å². The highest BCUT2D eigenvalue weighted by molar-refractivity contribution is 7.91. The van der Waals surface area contributed by atoms with Crippen molar-refractivity contribution in [2.75, 3.05) is 6.26 Å². The van der Waals surface area contributed by atoms with Crippen LogP contribution in [-0.4, -0.2) is 26.0 Å². The average Bonchev–Trinajstić information content (AvgIpc) is 2.18. The van der Waals surface area contributed by atoms with Gasteiger partial charge in [-0.05, 0) is 19.3 Å². The largest absolute Gasteiger partial charge is 0.271 e. The number of hydrogen-bond donors (Lipinski definition) is 2. The Morgan fingerprint density at radius 1 is 1.27 bits per heavy atom. The van der Waals surface area contributed by atoms with Crippen molar-refractivity contribution in [3.63, 3.8) is 0 Å². The molecule has 0 aliphatic carbocycles. The molecule has 0 rings (SSSR count). The van der Waals surface area contributed by atoms with Crippen molar-refractivity contribution in [2.45, 2.75) is 51.3 Å². The van der Waals surface area contributed by atoms with Gasteiger partial charge >= 0.3 is 0 Å². The Balaban J connectivity index is 4.49. The van der Waals surface area contributed by atoms with Crippen molar-refractivity contribution < 1.29 is 8.42 Å². The predicted molar refractivity (Wildman–Crippen MR) is 64.1 cm³/mol. The molecular formula is C10H24N2O2S. The summed E-state index contributed by atoms with van der Waals surface area (Å²) in [5.74, 6) is 5.95. The van der Waals surface area contributed by atoms with Gasteiger partial charge in [0.15, 0.2) is 9.84 Å². The lowest BCUT2D eigenvalue weighted by molar-refractivity contribution is 0.361. The third-order valence-corrected chi connectivity index (χ3v) is 4.88. The first-order valence-corrected chi connectivity index (χ1v) is 7.47. The minimum atomic E-state index is -3.02. The lowest BCUT2D eigenvalue weighted by atomic mass is 9.94. The summed E-state index contributed by atoms with van der Waals surface area (Å²) in [5.41, 5.74) is 2.63. The minimum absolute atomic E-state index is 0.148. The molecule has 0 spiro atoms. The smallest absolute Gasteiger partial charge is 0.151 e. The number of hydrazine groups is 1. The van der Waals surface area contributed by atoms with Crippen molar-refractivity contribution >= 4 is 9.84 Å². The Morgan fingerprint density at radius 3 is 2.00 bits per heavy atom. The molecule has 0 aromatic heterocycles. The molecular weight excluding hydrogens is 212 g/mol. The molecule has 0 aromatic carbocycles. The molecule has 0 fully saturated rings. The maximum absolute atomic E-state index is 11.4. The standard InChI is InChI=1S/C10H24N2O2S/c1-5-9(6-2)7-10(12-11)8(3)15(4,13)14/h8-10,12H,5-7,11H2,1-4H3. The zero-order chi connectivity index (χ0) is 12.1. The van der Waals surface area contributed by atoms with Gasteiger partial charge in [-0.1, -0.05) is 26.7 Å². The van der Waals surface area contributed by atoms with Crippen LogP contribution < -0.4 is 11.3 Å².